The zero-order valence-electron chi connectivity index (χ0n) is 16.8. The molecule has 0 radical (unpaired) electrons. The highest BCUT2D eigenvalue weighted by Crippen LogP contribution is 2.35. The van der Waals surface area contributed by atoms with Crippen LogP contribution < -0.4 is 15.2 Å². The molecule has 2 amide bonds. The molecule has 0 bridgehead atoms. The predicted molar refractivity (Wildman–Crippen MR) is 119 cm³/mol. The van der Waals surface area contributed by atoms with Gasteiger partial charge in [0.05, 0.1) is 17.2 Å². The lowest BCUT2D eigenvalue weighted by molar-refractivity contribution is -0.122. The number of hydrogen-bond acceptors (Lipinski definition) is 6. The number of nitrogens with two attached hydrogens (primary N) is 1. The van der Waals surface area contributed by atoms with Gasteiger partial charge in [0.1, 0.15) is 0 Å². The summed E-state index contributed by atoms with van der Waals surface area (Å²) in [6.07, 6.45) is 1.80. The van der Waals surface area contributed by atoms with E-state index in [1.165, 1.54) is 11.8 Å². The quantitative estimate of drug-likeness (QED) is 0.653. The van der Waals surface area contributed by atoms with Gasteiger partial charge in [-0.15, -0.1) is 0 Å². The van der Waals surface area contributed by atoms with Gasteiger partial charge >= 0.3 is 0 Å². The highest BCUT2D eigenvalue weighted by Gasteiger charge is 2.32. The standard InChI is InChI=1S/C22H23N3O4S/c1-3-25-21(27)19(30-22(25)24-16-8-6-5-7-9-16)13-15-10-11-17(29-14-20(23)26)18(12-15)28-4-2/h5-13H,3-4,14H2,1-2H3,(H2,23,26). The van der Waals surface area contributed by atoms with E-state index in [2.05, 4.69) is 4.99 Å². The minimum Gasteiger partial charge on any atom is -0.490 e. The molecular formula is C22H23N3O4S. The molecule has 0 spiro atoms. The maximum atomic E-state index is 12.8. The number of ether oxygens (including phenoxy) is 2. The second-order valence-corrected chi connectivity index (χ2v) is 7.29. The zero-order chi connectivity index (χ0) is 21.5. The molecule has 0 saturated carbocycles. The van der Waals surface area contributed by atoms with Crippen LogP contribution in [0.5, 0.6) is 11.5 Å². The molecule has 0 atom stereocenters. The first-order valence-corrected chi connectivity index (χ1v) is 10.4. The van der Waals surface area contributed by atoms with Gasteiger partial charge in [-0.05, 0) is 61.5 Å². The summed E-state index contributed by atoms with van der Waals surface area (Å²) in [4.78, 5) is 30.7. The van der Waals surface area contributed by atoms with Crippen LogP contribution >= 0.6 is 11.8 Å². The summed E-state index contributed by atoms with van der Waals surface area (Å²) in [5.41, 5.74) is 6.71. The number of rotatable bonds is 8. The Morgan fingerprint density at radius 1 is 1.13 bits per heavy atom. The zero-order valence-corrected chi connectivity index (χ0v) is 17.6. The van der Waals surface area contributed by atoms with E-state index in [9.17, 15) is 9.59 Å². The van der Waals surface area contributed by atoms with Crippen molar-refractivity contribution >= 4 is 40.5 Å². The average Bonchev–Trinajstić information content (AvgIpc) is 3.02. The van der Waals surface area contributed by atoms with E-state index >= 15 is 0 Å². The Morgan fingerprint density at radius 3 is 2.57 bits per heavy atom. The number of thioether (sulfide) groups is 1. The molecule has 30 heavy (non-hydrogen) atoms. The number of amidine groups is 1. The number of likely N-dealkylation sites (N-methyl/N-ethyl adjacent to an activating group) is 1. The van der Waals surface area contributed by atoms with Crippen LogP contribution in [0.4, 0.5) is 5.69 Å². The van der Waals surface area contributed by atoms with Crippen LogP contribution in [-0.4, -0.2) is 41.6 Å². The van der Waals surface area contributed by atoms with Gasteiger partial charge in [0.15, 0.2) is 23.3 Å². The molecule has 1 aliphatic heterocycles. The van der Waals surface area contributed by atoms with Crippen molar-refractivity contribution in [1.29, 1.82) is 0 Å². The van der Waals surface area contributed by atoms with Crippen molar-refractivity contribution in [3.8, 4) is 11.5 Å². The molecule has 1 heterocycles. The lowest BCUT2D eigenvalue weighted by Gasteiger charge is -2.12. The number of carbonyl (C=O) groups is 2. The maximum absolute atomic E-state index is 12.8. The van der Waals surface area contributed by atoms with Crippen molar-refractivity contribution in [3.63, 3.8) is 0 Å². The first-order valence-electron chi connectivity index (χ1n) is 9.55. The van der Waals surface area contributed by atoms with E-state index in [1.807, 2.05) is 44.2 Å². The van der Waals surface area contributed by atoms with Gasteiger partial charge in [0.2, 0.25) is 0 Å². The average molecular weight is 426 g/mol. The highest BCUT2D eigenvalue weighted by molar-refractivity contribution is 8.18. The van der Waals surface area contributed by atoms with Crippen molar-refractivity contribution in [2.45, 2.75) is 13.8 Å². The molecule has 1 aliphatic rings. The molecule has 0 aliphatic carbocycles. The molecule has 1 saturated heterocycles. The van der Waals surface area contributed by atoms with Gasteiger partial charge in [-0.2, -0.15) is 0 Å². The molecular weight excluding hydrogens is 402 g/mol. The third-order valence-electron chi connectivity index (χ3n) is 4.12. The first kappa shape index (κ1) is 21.4. The molecule has 2 N–H and O–H groups in total. The van der Waals surface area contributed by atoms with Gasteiger partial charge in [0.25, 0.3) is 11.8 Å². The summed E-state index contributed by atoms with van der Waals surface area (Å²) in [5, 5.41) is 0.645. The summed E-state index contributed by atoms with van der Waals surface area (Å²) < 4.78 is 11.0. The van der Waals surface area contributed by atoms with E-state index in [0.29, 0.717) is 34.7 Å². The van der Waals surface area contributed by atoms with Crippen molar-refractivity contribution < 1.29 is 19.1 Å². The first-order chi connectivity index (χ1) is 14.5. The van der Waals surface area contributed by atoms with Crippen molar-refractivity contribution in [1.82, 2.24) is 4.90 Å². The maximum Gasteiger partial charge on any atom is 0.266 e. The smallest absolute Gasteiger partial charge is 0.266 e. The van der Waals surface area contributed by atoms with E-state index in [-0.39, 0.29) is 12.5 Å². The largest absolute Gasteiger partial charge is 0.490 e. The molecule has 7 nitrogen and oxygen atoms in total. The van der Waals surface area contributed by atoms with E-state index in [4.69, 9.17) is 15.2 Å². The lowest BCUT2D eigenvalue weighted by atomic mass is 10.2. The number of nitrogens with zero attached hydrogens (tertiary/aromatic N) is 2. The lowest BCUT2D eigenvalue weighted by Crippen LogP contribution is -2.28. The SMILES string of the molecule is CCOc1cc(C=C2SC(=Nc3ccccc3)N(CC)C2=O)ccc1OCC(N)=O. The number of hydrogen-bond donors (Lipinski definition) is 1. The third kappa shape index (κ3) is 5.21. The van der Waals surface area contributed by atoms with Crippen molar-refractivity contribution in [2.24, 2.45) is 10.7 Å². The predicted octanol–water partition coefficient (Wildman–Crippen LogP) is 3.57. The molecule has 8 heteroatoms. The van der Waals surface area contributed by atoms with Gasteiger partial charge in [-0.3, -0.25) is 14.5 Å². The van der Waals surface area contributed by atoms with E-state index in [1.54, 1.807) is 29.2 Å². The fourth-order valence-corrected chi connectivity index (χ4v) is 3.85. The number of primary amides is 1. The summed E-state index contributed by atoms with van der Waals surface area (Å²) >= 11 is 1.33. The van der Waals surface area contributed by atoms with Crippen LogP contribution in [0.25, 0.3) is 6.08 Å². The third-order valence-corrected chi connectivity index (χ3v) is 5.13. The van der Waals surface area contributed by atoms with Crippen molar-refractivity contribution in [3.05, 3.63) is 59.0 Å². The molecule has 3 rings (SSSR count). The number of para-hydroxylation sites is 1. The molecule has 156 valence electrons. The topological polar surface area (TPSA) is 94.2 Å². The molecule has 2 aromatic carbocycles. The number of aliphatic imine (C=N–C) groups is 1. The second-order valence-electron chi connectivity index (χ2n) is 6.28. The summed E-state index contributed by atoms with van der Waals surface area (Å²) in [6.45, 7) is 4.49. The molecule has 2 aromatic rings. The van der Waals surface area contributed by atoms with Crippen LogP contribution in [0.2, 0.25) is 0 Å². The number of benzene rings is 2. The minimum absolute atomic E-state index is 0.0933. The number of carbonyl (C=O) groups excluding carboxylic acids is 2. The molecule has 1 fully saturated rings. The van der Waals surface area contributed by atoms with Gasteiger partial charge in [-0.1, -0.05) is 24.3 Å². The normalized spacial score (nSPS) is 16.3. The van der Waals surface area contributed by atoms with Crippen LogP contribution in [0.15, 0.2) is 58.4 Å². The molecule has 0 aromatic heterocycles. The fourth-order valence-electron chi connectivity index (χ4n) is 2.79. The fraction of sp³-hybridized carbons (Fsp3) is 0.227. The van der Waals surface area contributed by atoms with Crippen LogP contribution in [0.1, 0.15) is 19.4 Å². The molecule has 0 unspecified atom stereocenters. The summed E-state index contributed by atoms with van der Waals surface area (Å²) in [5.74, 6) is 0.240. The summed E-state index contributed by atoms with van der Waals surface area (Å²) in [6, 6.07) is 14.8. The van der Waals surface area contributed by atoms with Crippen LogP contribution in [-0.2, 0) is 9.59 Å². The van der Waals surface area contributed by atoms with Crippen LogP contribution in [0.3, 0.4) is 0 Å². The van der Waals surface area contributed by atoms with Crippen LogP contribution in [0, 0.1) is 0 Å². The highest BCUT2D eigenvalue weighted by atomic mass is 32.2. The Bertz CT molecular complexity index is 989. The Morgan fingerprint density at radius 2 is 1.90 bits per heavy atom. The van der Waals surface area contributed by atoms with Gasteiger partial charge in [0, 0.05) is 6.54 Å². The van der Waals surface area contributed by atoms with Crippen molar-refractivity contribution in [2.75, 3.05) is 19.8 Å². The Labute approximate surface area is 179 Å². The minimum atomic E-state index is -0.568. The Hall–Kier alpha value is -3.26. The summed E-state index contributed by atoms with van der Waals surface area (Å²) in [7, 11) is 0. The van der Waals surface area contributed by atoms with E-state index in [0.717, 1.165) is 11.3 Å². The second kappa shape index (κ2) is 9.98. The van der Waals surface area contributed by atoms with Gasteiger partial charge in [-0.25, -0.2) is 4.99 Å². The Kier molecular flexibility index (Phi) is 7.13. The monoisotopic (exact) mass is 425 g/mol. The van der Waals surface area contributed by atoms with Gasteiger partial charge < -0.3 is 15.2 Å². The Balaban J connectivity index is 1.88. The van der Waals surface area contributed by atoms with E-state index < -0.39 is 5.91 Å². The number of amides is 2.